The first-order valence-corrected chi connectivity index (χ1v) is 22.6. The van der Waals surface area contributed by atoms with Crippen LogP contribution in [0.3, 0.4) is 0 Å². The third-order valence-electron chi connectivity index (χ3n) is 12.4. The maximum Gasteiger partial charge on any atom is 0.139 e. The summed E-state index contributed by atoms with van der Waals surface area (Å²) in [5.74, 6) is 4.11. The fourth-order valence-corrected chi connectivity index (χ4v) is 9.22. The van der Waals surface area contributed by atoms with Crippen LogP contribution in [0.1, 0.15) is 50.7 Å². The molecule has 0 atom stereocenters. The number of ether oxygens (including phenoxy) is 2. The van der Waals surface area contributed by atoms with Crippen LogP contribution in [0.5, 0.6) is 23.0 Å². The first-order chi connectivity index (χ1) is 32.4. The van der Waals surface area contributed by atoms with Gasteiger partial charge < -0.3 is 23.8 Å². The summed E-state index contributed by atoms with van der Waals surface area (Å²) in [5, 5.41) is 2.14. The molecular weight excluding hydrogens is 1000 g/mol. The van der Waals surface area contributed by atoms with E-state index in [2.05, 4.69) is 219 Å². The Morgan fingerprint density at radius 1 is 0.522 bits per heavy atom. The predicted molar refractivity (Wildman–Crippen MR) is 270 cm³/mol. The van der Waals surface area contributed by atoms with Gasteiger partial charge in [0.25, 0.3) is 0 Å². The second-order valence-corrected chi connectivity index (χ2v) is 17.2. The van der Waals surface area contributed by atoms with Crippen molar-refractivity contribution in [1.82, 2.24) is 9.55 Å². The van der Waals surface area contributed by atoms with Crippen LogP contribution < -0.4 is 19.3 Å². The van der Waals surface area contributed by atoms with Gasteiger partial charge in [-0.05, 0) is 63.7 Å². The number of benzene rings is 8. The summed E-state index contributed by atoms with van der Waals surface area (Å²) in [6, 6.07) is 72.4. The first-order valence-electron chi connectivity index (χ1n) is 22.6. The second kappa shape index (κ2) is 18.5. The molecule has 0 bridgehead atoms. The number of fused-ring (bicyclic) bond motifs is 4. The first kappa shape index (κ1) is 43.5. The van der Waals surface area contributed by atoms with Gasteiger partial charge in [0.15, 0.2) is 0 Å². The molecule has 3 heterocycles. The molecule has 11 rings (SSSR count). The Bertz CT molecular complexity index is 3300. The topological polar surface area (TPSA) is 42.8 Å². The van der Waals surface area contributed by atoms with Gasteiger partial charge in [0.1, 0.15) is 17.3 Å². The molecule has 0 spiro atoms. The van der Waals surface area contributed by atoms with Crippen molar-refractivity contribution in [2.24, 2.45) is 0 Å². The van der Waals surface area contributed by atoms with Crippen LogP contribution >= 0.6 is 0 Å². The maximum absolute atomic E-state index is 6.79. The molecule has 0 N–H and O–H groups in total. The summed E-state index contributed by atoms with van der Waals surface area (Å²) < 4.78 is 15.6. The van der Waals surface area contributed by atoms with Crippen molar-refractivity contribution in [1.29, 1.82) is 0 Å². The summed E-state index contributed by atoms with van der Waals surface area (Å²) >= 11 is 0. The van der Waals surface area contributed by atoms with Crippen LogP contribution in [0.25, 0.3) is 49.9 Å². The monoisotopic (exact) mass is 1050 g/mol. The smallest absolute Gasteiger partial charge is 0.139 e. The standard InChI is InChI=1S/C60H47N4O2.Pt/c1-40(2)48-25-16-26-49(41(3)4)60(48)66-47-34-35-61-58(38-47)64-54-29-12-11-24-52(54)53-33-32-46(37-57(53)64)65-45-23-15-22-44(36-45)62-39-63(56-31-14-13-30-55(56)62)59-50(42-18-7-5-8-19-42)27-17-28-51(59)43-20-9-6-10-21-43;/h5-35,38-41H,1-4H3;/q-3;. The molecule has 0 aliphatic carbocycles. The van der Waals surface area contributed by atoms with Crippen molar-refractivity contribution in [3.05, 3.63) is 224 Å². The van der Waals surface area contributed by atoms with Crippen molar-refractivity contribution in [2.45, 2.75) is 39.5 Å². The minimum absolute atomic E-state index is 0. The molecule has 0 unspecified atom stereocenters. The molecule has 0 fully saturated rings. The van der Waals surface area contributed by atoms with E-state index in [4.69, 9.17) is 14.5 Å². The van der Waals surface area contributed by atoms with Gasteiger partial charge in [-0.3, -0.25) is 0 Å². The molecule has 0 radical (unpaired) electrons. The van der Waals surface area contributed by atoms with E-state index in [1.807, 2.05) is 36.5 Å². The molecule has 1 aliphatic rings. The predicted octanol–water partition coefficient (Wildman–Crippen LogP) is 16.4. The molecule has 7 heteroatoms. The van der Waals surface area contributed by atoms with Gasteiger partial charge in [0, 0.05) is 78.5 Å². The zero-order chi connectivity index (χ0) is 44.7. The zero-order valence-electron chi connectivity index (χ0n) is 37.6. The third-order valence-corrected chi connectivity index (χ3v) is 12.4. The van der Waals surface area contributed by atoms with Crippen molar-refractivity contribution >= 4 is 44.6 Å². The van der Waals surface area contributed by atoms with E-state index in [1.54, 1.807) is 0 Å². The largest absolute Gasteiger partial charge is 0.509 e. The Hall–Kier alpha value is -7.40. The Morgan fingerprint density at radius 3 is 1.81 bits per heavy atom. The normalized spacial score (nSPS) is 12.2. The maximum atomic E-state index is 6.79. The minimum atomic E-state index is 0. The van der Waals surface area contributed by atoms with Gasteiger partial charge in [0.2, 0.25) is 0 Å². The van der Waals surface area contributed by atoms with Crippen molar-refractivity contribution in [3.8, 4) is 51.1 Å². The molecule has 10 aromatic rings. The van der Waals surface area contributed by atoms with Crippen LogP contribution in [0.2, 0.25) is 0 Å². The number of nitrogens with zero attached hydrogens (tertiary/aromatic N) is 4. The summed E-state index contributed by atoms with van der Waals surface area (Å²) in [6.07, 6.45) is 1.82. The Kier molecular flexibility index (Phi) is 12.0. The molecule has 332 valence electrons. The number of rotatable bonds is 11. The molecule has 0 saturated heterocycles. The van der Waals surface area contributed by atoms with E-state index in [0.717, 1.165) is 84.1 Å². The van der Waals surface area contributed by atoms with E-state index in [-0.39, 0.29) is 21.1 Å². The summed E-state index contributed by atoms with van der Waals surface area (Å²) in [6.45, 7) is 11.0. The van der Waals surface area contributed by atoms with E-state index in [9.17, 15) is 0 Å². The Labute approximate surface area is 407 Å². The number of aromatic nitrogens is 2. The van der Waals surface area contributed by atoms with Gasteiger partial charge in [0.05, 0.1) is 0 Å². The summed E-state index contributed by atoms with van der Waals surface area (Å²) in [4.78, 5) is 9.40. The van der Waals surface area contributed by atoms with Crippen molar-refractivity contribution in [2.75, 3.05) is 9.80 Å². The summed E-state index contributed by atoms with van der Waals surface area (Å²) in [5.41, 5.74) is 12.9. The quantitative estimate of drug-likeness (QED) is 0.121. The van der Waals surface area contributed by atoms with Crippen LogP contribution in [0, 0.1) is 18.8 Å². The van der Waals surface area contributed by atoms with Crippen LogP contribution in [0.4, 0.5) is 22.7 Å². The molecule has 6 nitrogen and oxygen atoms in total. The van der Waals surface area contributed by atoms with Gasteiger partial charge in [-0.2, -0.15) is 12.1 Å². The average Bonchev–Trinajstić information content (AvgIpc) is 3.90. The third kappa shape index (κ3) is 8.17. The number of pyridine rings is 1. The summed E-state index contributed by atoms with van der Waals surface area (Å²) in [7, 11) is 0. The number of anilines is 4. The van der Waals surface area contributed by atoms with Crippen molar-refractivity contribution < 1.29 is 30.5 Å². The molecule has 0 amide bonds. The molecule has 0 saturated carbocycles. The molecule has 67 heavy (non-hydrogen) atoms. The van der Waals surface area contributed by atoms with E-state index in [0.29, 0.717) is 23.3 Å². The van der Waals surface area contributed by atoms with E-state index >= 15 is 0 Å². The zero-order valence-corrected chi connectivity index (χ0v) is 39.9. The van der Waals surface area contributed by atoms with Gasteiger partial charge in [-0.15, -0.1) is 48.1 Å². The second-order valence-electron chi connectivity index (χ2n) is 17.2. The fourth-order valence-electron chi connectivity index (χ4n) is 9.22. The van der Waals surface area contributed by atoms with Gasteiger partial charge in [-0.1, -0.05) is 161 Å². The van der Waals surface area contributed by atoms with Crippen LogP contribution in [0.15, 0.2) is 194 Å². The van der Waals surface area contributed by atoms with Crippen LogP contribution in [-0.2, 0) is 21.1 Å². The van der Waals surface area contributed by atoms with E-state index in [1.165, 1.54) is 11.1 Å². The van der Waals surface area contributed by atoms with Gasteiger partial charge >= 0.3 is 0 Å². The number of hydrogen-bond donors (Lipinski definition) is 0. The molecular formula is C60H47N4O2Pt-3. The molecule has 2 aromatic heterocycles. The van der Waals surface area contributed by atoms with Gasteiger partial charge in [-0.25, -0.2) is 4.98 Å². The number of para-hydroxylation sites is 5. The van der Waals surface area contributed by atoms with Crippen LogP contribution in [-0.4, -0.2) is 9.55 Å². The minimum Gasteiger partial charge on any atom is -0.509 e. The van der Waals surface area contributed by atoms with E-state index < -0.39 is 0 Å². The average molecular weight is 1050 g/mol. The molecule has 1 aliphatic heterocycles. The fraction of sp³-hybridized carbons (Fsp3) is 0.100. The SMILES string of the molecule is CC(C)c1cccc(C(C)C)c1Oc1ccnc(-n2c3[c-]c(Oc4[c-]c(N5[CH-]N(c6c(-c7ccccc7)cccc6-c6ccccc6)c6ccccc65)ccc4)ccc3c3ccccc32)c1.[Pt]. The Balaban J connectivity index is 0.00000525. The molecule has 8 aromatic carbocycles. The number of hydrogen-bond acceptors (Lipinski definition) is 5. The Morgan fingerprint density at radius 2 is 1.12 bits per heavy atom. The van der Waals surface area contributed by atoms with Crippen molar-refractivity contribution in [3.63, 3.8) is 0 Å².